The van der Waals surface area contributed by atoms with Gasteiger partial charge in [-0.2, -0.15) is 0 Å². The zero-order valence-corrected chi connectivity index (χ0v) is 11.7. The van der Waals surface area contributed by atoms with Crippen LogP contribution in [0.25, 0.3) is 0 Å². The first-order valence-electron chi connectivity index (χ1n) is 6.14. The molecule has 102 valence electrons. The van der Waals surface area contributed by atoms with Crippen molar-refractivity contribution < 1.29 is 4.42 Å². The van der Waals surface area contributed by atoms with E-state index in [2.05, 4.69) is 29.1 Å². The van der Waals surface area contributed by atoms with Crippen molar-refractivity contribution in [3.63, 3.8) is 0 Å². The maximum Gasteiger partial charge on any atom is 0.157 e. The van der Waals surface area contributed by atoms with Gasteiger partial charge >= 0.3 is 0 Å². The molecule has 0 saturated carbocycles. The number of aromatic nitrogens is 2. The summed E-state index contributed by atoms with van der Waals surface area (Å²) in [5.74, 6) is 2.50. The van der Waals surface area contributed by atoms with Crippen LogP contribution in [-0.2, 0) is 13.0 Å². The van der Waals surface area contributed by atoms with Gasteiger partial charge in [0.1, 0.15) is 17.3 Å². The lowest BCUT2D eigenvalue weighted by molar-refractivity contribution is 0.517. The standard InChI is InChI=1S/C13H17ClN4O/c1-8(2)6-10-17-12(14)11(15)13(18-10)16-7-9-4-3-5-19-9/h3-5,8H,6-7,15H2,1-2H3,(H,16,17,18). The zero-order chi connectivity index (χ0) is 13.8. The Labute approximate surface area is 117 Å². The molecule has 2 heterocycles. The minimum atomic E-state index is 0.285. The second-order valence-electron chi connectivity index (χ2n) is 4.72. The van der Waals surface area contributed by atoms with E-state index in [1.54, 1.807) is 6.26 Å². The summed E-state index contributed by atoms with van der Waals surface area (Å²) in [5.41, 5.74) is 6.23. The molecule has 2 rings (SSSR count). The fourth-order valence-corrected chi connectivity index (χ4v) is 1.85. The predicted molar refractivity (Wildman–Crippen MR) is 76.0 cm³/mol. The number of nitrogen functional groups attached to an aromatic ring is 1. The minimum absolute atomic E-state index is 0.285. The lowest BCUT2D eigenvalue weighted by Gasteiger charge is -2.11. The molecule has 0 amide bonds. The van der Waals surface area contributed by atoms with Gasteiger partial charge in [0.05, 0.1) is 12.8 Å². The van der Waals surface area contributed by atoms with Gasteiger partial charge in [-0.15, -0.1) is 0 Å². The van der Waals surface area contributed by atoms with E-state index in [1.807, 2.05) is 12.1 Å². The molecular weight excluding hydrogens is 264 g/mol. The molecule has 0 radical (unpaired) electrons. The van der Waals surface area contributed by atoms with E-state index in [0.717, 1.165) is 12.2 Å². The summed E-state index contributed by atoms with van der Waals surface area (Å²) in [6, 6.07) is 3.71. The summed E-state index contributed by atoms with van der Waals surface area (Å²) in [7, 11) is 0. The Morgan fingerprint density at radius 3 is 2.84 bits per heavy atom. The molecule has 0 aliphatic carbocycles. The van der Waals surface area contributed by atoms with Crippen LogP contribution >= 0.6 is 11.6 Å². The van der Waals surface area contributed by atoms with E-state index in [0.29, 0.717) is 29.8 Å². The summed E-state index contributed by atoms with van der Waals surface area (Å²) in [5, 5.41) is 3.40. The molecular formula is C13H17ClN4O. The Morgan fingerprint density at radius 2 is 2.21 bits per heavy atom. The van der Waals surface area contributed by atoms with Crippen molar-refractivity contribution in [2.75, 3.05) is 11.1 Å². The van der Waals surface area contributed by atoms with Gasteiger partial charge in [0.15, 0.2) is 11.0 Å². The summed E-state index contributed by atoms with van der Waals surface area (Å²) in [6.45, 7) is 4.71. The molecule has 19 heavy (non-hydrogen) atoms. The molecule has 2 aromatic heterocycles. The number of nitrogens with two attached hydrogens (primary N) is 1. The van der Waals surface area contributed by atoms with Gasteiger partial charge in [-0.3, -0.25) is 0 Å². The van der Waals surface area contributed by atoms with Crippen molar-refractivity contribution in [3.8, 4) is 0 Å². The predicted octanol–water partition coefficient (Wildman–Crippen LogP) is 3.12. The maximum absolute atomic E-state index is 6.02. The monoisotopic (exact) mass is 280 g/mol. The Hall–Kier alpha value is -1.75. The van der Waals surface area contributed by atoms with Gasteiger partial charge in [0.25, 0.3) is 0 Å². The van der Waals surface area contributed by atoms with E-state index in [4.69, 9.17) is 21.8 Å². The molecule has 0 atom stereocenters. The quantitative estimate of drug-likeness (QED) is 0.823. The van der Waals surface area contributed by atoms with Crippen molar-refractivity contribution in [2.24, 2.45) is 5.92 Å². The number of halogens is 1. The maximum atomic E-state index is 6.02. The third kappa shape index (κ3) is 3.61. The first kappa shape index (κ1) is 13.7. The fourth-order valence-electron chi connectivity index (χ4n) is 1.66. The molecule has 0 aliphatic heterocycles. The largest absolute Gasteiger partial charge is 0.467 e. The molecule has 0 bridgehead atoms. The summed E-state index contributed by atoms with van der Waals surface area (Å²) in [4.78, 5) is 8.58. The van der Waals surface area contributed by atoms with E-state index >= 15 is 0 Å². The molecule has 3 N–H and O–H groups in total. The number of nitrogens with zero attached hydrogens (tertiary/aromatic N) is 2. The highest BCUT2D eigenvalue weighted by Crippen LogP contribution is 2.25. The average Bonchev–Trinajstić information content (AvgIpc) is 2.84. The fraction of sp³-hybridized carbons (Fsp3) is 0.385. The average molecular weight is 281 g/mol. The van der Waals surface area contributed by atoms with Crippen molar-refractivity contribution in [3.05, 3.63) is 35.1 Å². The normalized spacial score (nSPS) is 10.9. The summed E-state index contributed by atoms with van der Waals surface area (Å²) < 4.78 is 5.24. The van der Waals surface area contributed by atoms with E-state index < -0.39 is 0 Å². The van der Waals surface area contributed by atoms with E-state index in [1.165, 1.54) is 0 Å². The second-order valence-corrected chi connectivity index (χ2v) is 5.08. The van der Waals surface area contributed by atoms with E-state index in [9.17, 15) is 0 Å². The van der Waals surface area contributed by atoms with Gasteiger partial charge in [0.2, 0.25) is 0 Å². The molecule has 0 aromatic carbocycles. The number of furan rings is 1. The van der Waals surface area contributed by atoms with Crippen LogP contribution in [0.4, 0.5) is 11.5 Å². The topological polar surface area (TPSA) is 77.0 Å². The minimum Gasteiger partial charge on any atom is -0.467 e. The highest BCUT2D eigenvalue weighted by molar-refractivity contribution is 6.32. The highest BCUT2D eigenvalue weighted by atomic mass is 35.5. The lowest BCUT2D eigenvalue weighted by atomic mass is 10.1. The summed E-state index contributed by atoms with van der Waals surface area (Å²) >= 11 is 6.02. The second kappa shape index (κ2) is 5.93. The SMILES string of the molecule is CC(C)Cc1nc(Cl)c(N)c(NCc2ccco2)n1. The Kier molecular flexibility index (Phi) is 4.27. The van der Waals surface area contributed by atoms with Crippen LogP contribution in [0.15, 0.2) is 22.8 Å². The Bertz CT molecular complexity index is 540. The van der Waals surface area contributed by atoms with Crippen molar-refractivity contribution in [2.45, 2.75) is 26.8 Å². The molecule has 0 unspecified atom stereocenters. The molecule has 5 nitrogen and oxygen atoms in total. The van der Waals surface area contributed by atoms with Crippen LogP contribution in [0.3, 0.4) is 0 Å². The van der Waals surface area contributed by atoms with Gasteiger partial charge in [0, 0.05) is 6.42 Å². The van der Waals surface area contributed by atoms with Crippen LogP contribution in [0.2, 0.25) is 5.15 Å². The molecule has 0 saturated heterocycles. The molecule has 0 fully saturated rings. The summed E-state index contributed by atoms with van der Waals surface area (Å²) in [6.07, 6.45) is 2.38. The smallest absolute Gasteiger partial charge is 0.157 e. The van der Waals surface area contributed by atoms with Gasteiger partial charge in [-0.25, -0.2) is 9.97 Å². The van der Waals surface area contributed by atoms with Crippen LogP contribution in [0.1, 0.15) is 25.4 Å². The number of nitrogens with one attached hydrogen (secondary N) is 1. The van der Waals surface area contributed by atoms with Gasteiger partial charge in [-0.1, -0.05) is 25.4 Å². The Morgan fingerprint density at radius 1 is 1.42 bits per heavy atom. The number of hydrogen-bond donors (Lipinski definition) is 2. The van der Waals surface area contributed by atoms with Crippen LogP contribution in [-0.4, -0.2) is 9.97 Å². The number of hydrogen-bond acceptors (Lipinski definition) is 5. The highest BCUT2D eigenvalue weighted by Gasteiger charge is 2.11. The van der Waals surface area contributed by atoms with Crippen molar-refractivity contribution >= 4 is 23.1 Å². The van der Waals surface area contributed by atoms with Gasteiger partial charge in [-0.05, 0) is 18.1 Å². The third-order valence-electron chi connectivity index (χ3n) is 2.55. The van der Waals surface area contributed by atoms with Crippen molar-refractivity contribution in [1.29, 1.82) is 0 Å². The molecule has 0 aliphatic rings. The van der Waals surface area contributed by atoms with Gasteiger partial charge < -0.3 is 15.5 Å². The number of anilines is 2. The lowest BCUT2D eigenvalue weighted by Crippen LogP contribution is -2.09. The molecule has 6 heteroatoms. The number of rotatable bonds is 5. The molecule has 2 aromatic rings. The van der Waals surface area contributed by atoms with E-state index in [-0.39, 0.29) is 5.15 Å². The third-order valence-corrected chi connectivity index (χ3v) is 2.83. The zero-order valence-electron chi connectivity index (χ0n) is 11.0. The van der Waals surface area contributed by atoms with Crippen LogP contribution in [0.5, 0.6) is 0 Å². The van der Waals surface area contributed by atoms with Crippen molar-refractivity contribution in [1.82, 2.24) is 9.97 Å². The Balaban J connectivity index is 2.16. The first-order chi connectivity index (χ1) is 9.06. The molecule has 0 spiro atoms. The first-order valence-corrected chi connectivity index (χ1v) is 6.52. The van der Waals surface area contributed by atoms with Crippen LogP contribution < -0.4 is 11.1 Å². The van der Waals surface area contributed by atoms with Crippen LogP contribution in [0, 0.1) is 5.92 Å².